The Morgan fingerprint density at radius 3 is 2.49 bits per heavy atom. The second-order valence-corrected chi connectivity index (χ2v) is 9.68. The van der Waals surface area contributed by atoms with Crippen LogP contribution in [0.4, 0.5) is 0 Å². The van der Waals surface area contributed by atoms with Gasteiger partial charge in [-0.2, -0.15) is 5.10 Å². The average molecular weight is 487 g/mol. The lowest BCUT2D eigenvalue weighted by atomic mass is 10.0. The zero-order valence-corrected chi connectivity index (χ0v) is 20.4. The van der Waals surface area contributed by atoms with Gasteiger partial charge < -0.3 is 4.98 Å². The summed E-state index contributed by atoms with van der Waals surface area (Å²) < 4.78 is 0. The van der Waals surface area contributed by atoms with E-state index in [4.69, 9.17) is 0 Å². The number of hydrogen-bond acceptors (Lipinski definition) is 6. The van der Waals surface area contributed by atoms with E-state index in [1.807, 2.05) is 43.1 Å². The molecule has 2 N–H and O–H groups in total. The van der Waals surface area contributed by atoms with E-state index in [1.54, 1.807) is 12.4 Å². The molecule has 0 atom stereocenters. The monoisotopic (exact) mass is 486 g/mol. The number of aromatic amines is 2. The fraction of sp³-hybridized carbons (Fsp3) is 0.207. The third kappa shape index (κ3) is 4.15. The third-order valence-electron chi connectivity index (χ3n) is 7.19. The number of nitrogens with zero attached hydrogens (tertiary/aromatic N) is 6. The maximum Gasteiger partial charge on any atom is 0.155 e. The van der Waals surface area contributed by atoms with Gasteiger partial charge in [-0.3, -0.25) is 25.0 Å². The van der Waals surface area contributed by atoms with Gasteiger partial charge in [0.25, 0.3) is 0 Å². The van der Waals surface area contributed by atoms with E-state index in [1.165, 1.54) is 37.9 Å². The highest BCUT2D eigenvalue weighted by atomic mass is 15.2. The molecular weight excluding hydrogens is 460 g/mol. The van der Waals surface area contributed by atoms with Crippen molar-refractivity contribution in [2.45, 2.75) is 25.8 Å². The average Bonchev–Trinajstić information content (AvgIpc) is 3.58. The van der Waals surface area contributed by atoms with Gasteiger partial charge >= 0.3 is 0 Å². The van der Waals surface area contributed by atoms with E-state index >= 15 is 0 Å². The van der Waals surface area contributed by atoms with Gasteiger partial charge in [0.1, 0.15) is 5.69 Å². The number of hydrogen-bond donors (Lipinski definition) is 2. The van der Waals surface area contributed by atoms with Crippen LogP contribution in [0.2, 0.25) is 0 Å². The van der Waals surface area contributed by atoms with E-state index in [2.05, 4.69) is 58.2 Å². The maximum atomic E-state index is 4.68. The zero-order chi connectivity index (χ0) is 24.6. The Balaban J connectivity index is 1.26. The van der Waals surface area contributed by atoms with Crippen LogP contribution in [0.25, 0.3) is 55.6 Å². The normalized spacial score (nSPS) is 14.5. The van der Waals surface area contributed by atoms with Crippen molar-refractivity contribution in [3.8, 4) is 33.6 Å². The van der Waals surface area contributed by atoms with Crippen LogP contribution in [-0.4, -0.2) is 53.1 Å². The number of aromatic nitrogens is 7. The van der Waals surface area contributed by atoms with Crippen molar-refractivity contribution in [2.24, 2.45) is 0 Å². The summed E-state index contributed by atoms with van der Waals surface area (Å²) in [6.07, 6.45) is 17.0. The van der Waals surface area contributed by atoms with Crippen LogP contribution in [0.5, 0.6) is 0 Å². The van der Waals surface area contributed by atoms with Crippen molar-refractivity contribution < 1.29 is 0 Å². The molecule has 37 heavy (non-hydrogen) atoms. The van der Waals surface area contributed by atoms with Crippen LogP contribution in [0.15, 0.2) is 73.7 Å². The molecule has 0 amide bonds. The molecule has 1 fully saturated rings. The van der Waals surface area contributed by atoms with E-state index in [9.17, 15) is 0 Å². The van der Waals surface area contributed by atoms with Crippen LogP contribution in [-0.2, 0) is 6.54 Å². The summed E-state index contributed by atoms with van der Waals surface area (Å²) in [5, 5.41) is 9.77. The van der Waals surface area contributed by atoms with E-state index in [0.717, 1.165) is 62.1 Å². The fourth-order valence-electron chi connectivity index (χ4n) is 5.31. The summed E-state index contributed by atoms with van der Waals surface area (Å²) >= 11 is 0. The van der Waals surface area contributed by atoms with Gasteiger partial charge in [-0.1, -0.05) is 6.42 Å². The Labute approximate surface area is 213 Å². The molecule has 8 nitrogen and oxygen atoms in total. The minimum atomic E-state index is 0.752. The molecule has 6 aromatic rings. The predicted molar refractivity (Wildman–Crippen MR) is 145 cm³/mol. The summed E-state index contributed by atoms with van der Waals surface area (Å²) in [5.74, 6) is 0. The molecule has 0 spiro atoms. The Morgan fingerprint density at radius 1 is 0.757 bits per heavy atom. The highest BCUT2D eigenvalue weighted by Gasteiger charge is 2.16. The van der Waals surface area contributed by atoms with E-state index in [-0.39, 0.29) is 0 Å². The van der Waals surface area contributed by atoms with Crippen molar-refractivity contribution in [2.75, 3.05) is 13.1 Å². The molecule has 0 unspecified atom stereocenters. The van der Waals surface area contributed by atoms with Crippen LogP contribution >= 0.6 is 0 Å². The number of pyridine rings is 4. The molecule has 0 aromatic carbocycles. The van der Waals surface area contributed by atoms with Crippen molar-refractivity contribution in [3.05, 3.63) is 79.3 Å². The first-order valence-corrected chi connectivity index (χ1v) is 12.7. The number of rotatable bonds is 5. The number of nitrogens with one attached hydrogen (secondary N) is 2. The summed E-state index contributed by atoms with van der Waals surface area (Å²) in [6.45, 7) is 3.27. The van der Waals surface area contributed by atoms with E-state index in [0.29, 0.717) is 0 Å². The molecule has 7 rings (SSSR count). The van der Waals surface area contributed by atoms with Crippen LogP contribution in [0.3, 0.4) is 0 Å². The number of piperidine rings is 1. The molecule has 1 saturated heterocycles. The van der Waals surface area contributed by atoms with Gasteiger partial charge in [0.15, 0.2) is 5.65 Å². The minimum absolute atomic E-state index is 0.752. The lowest BCUT2D eigenvalue weighted by molar-refractivity contribution is 0.220. The van der Waals surface area contributed by atoms with Gasteiger partial charge in [-0.15, -0.1) is 0 Å². The third-order valence-corrected chi connectivity index (χ3v) is 7.19. The van der Waals surface area contributed by atoms with Gasteiger partial charge in [0, 0.05) is 71.2 Å². The van der Waals surface area contributed by atoms with Crippen LogP contribution in [0.1, 0.15) is 24.8 Å². The Morgan fingerprint density at radius 2 is 1.59 bits per heavy atom. The van der Waals surface area contributed by atoms with Crippen molar-refractivity contribution in [1.82, 2.24) is 40.0 Å². The first kappa shape index (κ1) is 21.8. The maximum absolute atomic E-state index is 4.68. The molecule has 0 saturated carbocycles. The standard InChI is InChI=1S/C29H26N8/c1-2-8-37(9-3-1)18-19-10-21(14-31-13-19)22-11-24-28(35-36-29(24)33-15-22)26-12-23-25(16-32-17-27(23)34-26)20-4-6-30-7-5-20/h4-7,10-17,34H,1-3,8-9,18H2,(H,33,35,36). The molecule has 8 heteroatoms. The topological polar surface area (TPSA) is 99.3 Å². The van der Waals surface area contributed by atoms with Gasteiger partial charge in [-0.25, -0.2) is 4.98 Å². The molecule has 0 aliphatic carbocycles. The first-order valence-electron chi connectivity index (χ1n) is 12.7. The molecule has 6 aromatic heterocycles. The molecule has 182 valence electrons. The lowest BCUT2D eigenvalue weighted by Gasteiger charge is -2.26. The smallest absolute Gasteiger partial charge is 0.155 e. The Bertz CT molecular complexity index is 1700. The summed E-state index contributed by atoms with van der Waals surface area (Å²) in [4.78, 5) is 23.8. The second-order valence-electron chi connectivity index (χ2n) is 9.68. The van der Waals surface area contributed by atoms with Crippen LogP contribution < -0.4 is 0 Å². The number of H-pyrrole nitrogens is 2. The SMILES string of the molecule is c1cc(-c2cncc3[nH]c(-c4n[nH]c5ncc(-c6cncc(CN7CCCCC7)c6)cc45)cc23)ccn1. The molecule has 7 heterocycles. The predicted octanol–water partition coefficient (Wildman–Crippen LogP) is 5.61. The quantitative estimate of drug-likeness (QED) is 0.329. The Hall–Kier alpha value is -4.43. The molecular formula is C29H26N8. The first-order chi connectivity index (χ1) is 18.3. The van der Waals surface area contributed by atoms with Crippen LogP contribution in [0, 0.1) is 0 Å². The van der Waals surface area contributed by atoms with Crippen molar-refractivity contribution in [3.63, 3.8) is 0 Å². The van der Waals surface area contributed by atoms with E-state index < -0.39 is 0 Å². The molecule has 0 bridgehead atoms. The minimum Gasteiger partial charge on any atom is -0.352 e. The number of fused-ring (bicyclic) bond motifs is 2. The lowest BCUT2D eigenvalue weighted by Crippen LogP contribution is -2.29. The summed E-state index contributed by atoms with van der Waals surface area (Å²) in [6, 6.07) is 10.5. The van der Waals surface area contributed by atoms with Gasteiger partial charge in [0.2, 0.25) is 0 Å². The zero-order valence-electron chi connectivity index (χ0n) is 20.4. The van der Waals surface area contributed by atoms with Crippen molar-refractivity contribution >= 4 is 21.9 Å². The highest BCUT2D eigenvalue weighted by Crippen LogP contribution is 2.34. The Kier molecular flexibility index (Phi) is 5.44. The highest BCUT2D eigenvalue weighted by molar-refractivity contribution is 6.00. The number of likely N-dealkylation sites (tertiary alicyclic amines) is 1. The molecule has 1 aliphatic heterocycles. The summed E-state index contributed by atoms with van der Waals surface area (Å²) in [5.41, 5.74) is 8.92. The van der Waals surface area contributed by atoms with Crippen molar-refractivity contribution in [1.29, 1.82) is 0 Å². The second kappa shape index (κ2) is 9.22. The van der Waals surface area contributed by atoms with Gasteiger partial charge in [-0.05, 0) is 67.4 Å². The molecule has 0 radical (unpaired) electrons. The molecule has 1 aliphatic rings. The fourth-order valence-corrected chi connectivity index (χ4v) is 5.31. The summed E-state index contributed by atoms with van der Waals surface area (Å²) in [7, 11) is 0. The largest absolute Gasteiger partial charge is 0.352 e. The van der Waals surface area contributed by atoms with Gasteiger partial charge in [0.05, 0.1) is 17.4 Å².